The molecular weight excluding hydrogens is 507 g/mol. The Morgan fingerprint density at radius 2 is 1.84 bits per heavy atom. The number of primary amides is 1. The first-order chi connectivity index (χ1) is 17.4. The molecule has 1 heterocycles. The zero-order valence-electron chi connectivity index (χ0n) is 21.4. The van der Waals surface area contributed by atoms with Gasteiger partial charge in [-0.25, -0.2) is 4.79 Å². The molecule has 2 amide bonds. The molecule has 2 aromatic carbocycles. The number of likely N-dealkylation sites (tertiary alicyclic amines) is 1. The highest BCUT2D eigenvalue weighted by Gasteiger charge is 2.53. The number of alkyl halides is 3. The third-order valence-electron chi connectivity index (χ3n) is 8.03. The second-order valence-electron chi connectivity index (χ2n) is 10.1. The Bertz CT molecular complexity index is 1160. The van der Waals surface area contributed by atoms with Crippen LogP contribution in [0.15, 0.2) is 36.4 Å². The van der Waals surface area contributed by atoms with Gasteiger partial charge in [0.2, 0.25) is 0 Å². The van der Waals surface area contributed by atoms with Gasteiger partial charge in [0.25, 0.3) is 0 Å². The van der Waals surface area contributed by atoms with Gasteiger partial charge in [0, 0.05) is 29.2 Å². The molecule has 6 nitrogen and oxygen atoms in total. The molecule has 0 spiro atoms. The number of anilines is 1. The van der Waals surface area contributed by atoms with Crippen LogP contribution < -0.4 is 20.1 Å². The fourth-order valence-corrected chi connectivity index (χ4v) is 6.52. The predicted octanol–water partition coefficient (Wildman–Crippen LogP) is 6.23. The lowest BCUT2D eigenvalue weighted by Gasteiger charge is -2.48. The topological polar surface area (TPSA) is 68.0 Å². The van der Waals surface area contributed by atoms with Crippen molar-refractivity contribution in [3.8, 4) is 11.5 Å². The van der Waals surface area contributed by atoms with Crippen LogP contribution in [0, 0.1) is 0 Å². The second-order valence-corrected chi connectivity index (χ2v) is 10.5. The van der Waals surface area contributed by atoms with Crippen LogP contribution in [-0.4, -0.2) is 49.8 Å². The van der Waals surface area contributed by atoms with E-state index < -0.39 is 22.8 Å². The molecule has 37 heavy (non-hydrogen) atoms. The van der Waals surface area contributed by atoms with Crippen molar-refractivity contribution in [1.29, 1.82) is 0 Å². The minimum Gasteiger partial charge on any atom is -0.493 e. The maximum absolute atomic E-state index is 13.6. The molecule has 2 aromatic rings. The summed E-state index contributed by atoms with van der Waals surface area (Å²) in [6, 6.07) is 8.67. The van der Waals surface area contributed by atoms with Gasteiger partial charge >= 0.3 is 12.2 Å². The minimum atomic E-state index is -4.65. The maximum Gasteiger partial charge on any atom is 0.417 e. The summed E-state index contributed by atoms with van der Waals surface area (Å²) in [4.78, 5) is 16.4. The van der Waals surface area contributed by atoms with E-state index in [1.807, 2.05) is 12.1 Å². The van der Waals surface area contributed by atoms with E-state index in [-0.39, 0.29) is 29.2 Å². The van der Waals surface area contributed by atoms with Gasteiger partial charge in [-0.05, 0) is 82.0 Å². The lowest BCUT2D eigenvalue weighted by Crippen LogP contribution is -2.55. The van der Waals surface area contributed by atoms with E-state index in [0.29, 0.717) is 24.3 Å². The lowest BCUT2D eigenvalue weighted by atomic mass is 9.64. The third-order valence-corrected chi connectivity index (χ3v) is 8.36. The van der Waals surface area contributed by atoms with Crippen LogP contribution in [0.5, 0.6) is 11.5 Å². The van der Waals surface area contributed by atoms with Crippen molar-refractivity contribution >= 4 is 23.3 Å². The molecule has 1 saturated carbocycles. The van der Waals surface area contributed by atoms with Crippen molar-refractivity contribution in [2.75, 3.05) is 25.7 Å². The Morgan fingerprint density at radius 1 is 1.14 bits per heavy atom. The molecule has 2 N–H and O–H groups in total. The number of nitrogens with two attached hydrogens (primary N) is 1. The van der Waals surface area contributed by atoms with Crippen molar-refractivity contribution in [2.45, 2.75) is 69.2 Å². The van der Waals surface area contributed by atoms with Crippen molar-refractivity contribution in [1.82, 2.24) is 4.90 Å². The molecule has 0 aromatic heterocycles. The van der Waals surface area contributed by atoms with Crippen LogP contribution in [-0.2, 0) is 11.6 Å². The van der Waals surface area contributed by atoms with Gasteiger partial charge in [0.15, 0.2) is 11.5 Å². The highest BCUT2D eigenvalue weighted by molar-refractivity contribution is 6.31. The number of rotatable bonds is 6. The Hall–Kier alpha value is -2.65. The van der Waals surface area contributed by atoms with Crippen LogP contribution >= 0.6 is 11.6 Å². The average Bonchev–Trinajstić information content (AvgIpc) is 3.24. The number of hydrogen-bond acceptors (Lipinski definition) is 4. The molecule has 1 saturated heterocycles. The van der Waals surface area contributed by atoms with E-state index >= 15 is 0 Å². The summed E-state index contributed by atoms with van der Waals surface area (Å²) in [7, 11) is 3.20. The molecule has 3 atom stereocenters. The molecule has 202 valence electrons. The molecule has 0 radical (unpaired) electrons. The zero-order valence-corrected chi connectivity index (χ0v) is 22.2. The zero-order chi connectivity index (χ0) is 27.1. The number of ether oxygens (including phenoxy) is 2. The van der Waals surface area contributed by atoms with Gasteiger partial charge in [-0.15, -0.1) is 0 Å². The smallest absolute Gasteiger partial charge is 0.417 e. The van der Waals surface area contributed by atoms with Gasteiger partial charge in [-0.3, -0.25) is 9.80 Å². The fourth-order valence-electron chi connectivity index (χ4n) is 6.30. The molecule has 10 heteroatoms. The summed E-state index contributed by atoms with van der Waals surface area (Å²) in [6.45, 7) is 5.14. The number of carbonyl (C=O) groups is 1. The summed E-state index contributed by atoms with van der Waals surface area (Å²) < 4.78 is 51.7. The molecule has 2 fully saturated rings. The van der Waals surface area contributed by atoms with Crippen LogP contribution in [0.4, 0.5) is 23.7 Å². The first-order valence-corrected chi connectivity index (χ1v) is 12.7. The minimum absolute atomic E-state index is 0.0561. The largest absolute Gasteiger partial charge is 0.493 e. The standard InChI is InChI=1S/C27H33ClF3N3O3/c1-16(2)33-12-11-26(17-5-8-22(36-3)23(13-17)37-4)10-9-19(15-24(26)33)34(25(32)35)18-6-7-21(28)20(14-18)27(29,30)31/h5-8,13-14,16,19,24H,9-12,15H2,1-4H3,(H2,32,35)/t19-,24+,26+/m1/s1. The van der Waals surface area contributed by atoms with Crippen LogP contribution in [0.1, 0.15) is 50.7 Å². The molecule has 4 rings (SSSR count). The summed E-state index contributed by atoms with van der Waals surface area (Å²) in [6.07, 6.45) is -1.83. The monoisotopic (exact) mass is 539 g/mol. The molecule has 0 unspecified atom stereocenters. The Morgan fingerprint density at radius 3 is 2.43 bits per heavy atom. The number of benzene rings is 2. The van der Waals surface area contributed by atoms with Crippen molar-refractivity contribution in [2.24, 2.45) is 5.73 Å². The van der Waals surface area contributed by atoms with E-state index in [9.17, 15) is 18.0 Å². The first-order valence-electron chi connectivity index (χ1n) is 12.4. The van der Waals surface area contributed by atoms with Gasteiger partial charge in [0.05, 0.1) is 24.8 Å². The van der Waals surface area contributed by atoms with Crippen molar-refractivity contribution in [3.05, 3.63) is 52.5 Å². The number of methoxy groups -OCH3 is 2. The van der Waals surface area contributed by atoms with Gasteiger partial charge in [0.1, 0.15) is 0 Å². The quantitative estimate of drug-likeness (QED) is 0.472. The predicted molar refractivity (Wildman–Crippen MR) is 138 cm³/mol. The molecule has 1 aliphatic heterocycles. The summed E-state index contributed by atoms with van der Waals surface area (Å²) in [5.74, 6) is 1.30. The number of nitrogens with zero attached hydrogens (tertiary/aromatic N) is 2. The van der Waals surface area contributed by atoms with E-state index in [2.05, 4.69) is 24.8 Å². The Kier molecular flexibility index (Phi) is 7.59. The SMILES string of the molecule is COc1ccc([C@@]23CC[C@@H](N(C(N)=O)c4ccc(Cl)c(C(F)(F)F)c4)C[C@@H]2N(C(C)C)CC3)cc1OC. The lowest BCUT2D eigenvalue weighted by molar-refractivity contribution is -0.137. The fraction of sp³-hybridized carbons (Fsp3) is 0.519. The summed E-state index contributed by atoms with van der Waals surface area (Å²) in [5.41, 5.74) is 5.82. The Labute approximate surface area is 220 Å². The summed E-state index contributed by atoms with van der Waals surface area (Å²) >= 11 is 5.83. The highest BCUT2D eigenvalue weighted by atomic mass is 35.5. The van der Waals surface area contributed by atoms with Crippen molar-refractivity contribution in [3.63, 3.8) is 0 Å². The number of hydrogen-bond donors (Lipinski definition) is 1. The van der Waals surface area contributed by atoms with Crippen LogP contribution in [0.25, 0.3) is 0 Å². The molecular formula is C27H33ClF3N3O3. The molecule has 2 aliphatic rings. The van der Waals surface area contributed by atoms with Crippen LogP contribution in [0.3, 0.4) is 0 Å². The number of urea groups is 1. The Balaban J connectivity index is 1.73. The maximum atomic E-state index is 13.6. The van der Waals surface area contributed by atoms with E-state index in [0.717, 1.165) is 31.0 Å². The van der Waals surface area contributed by atoms with Gasteiger partial charge < -0.3 is 15.2 Å². The summed E-state index contributed by atoms with van der Waals surface area (Å²) in [5, 5.41) is -0.418. The molecule has 1 aliphatic carbocycles. The number of fused-ring (bicyclic) bond motifs is 1. The van der Waals surface area contributed by atoms with E-state index in [4.69, 9.17) is 26.8 Å². The van der Waals surface area contributed by atoms with Gasteiger partial charge in [-0.2, -0.15) is 13.2 Å². The number of amides is 2. The second kappa shape index (κ2) is 10.3. The van der Waals surface area contributed by atoms with E-state index in [1.165, 1.54) is 17.0 Å². The number of carbonyl (C=O) groups excluding carboxylic acids is 1. The first kappa shape index (κ1) is 27.4. The third kappa shape index (κ3) is 4.95. The molecule has 0 bridgehead atoms. The van der Waals surface area contributed by atoms with Crippen molar-refractivity contribution < 1.29 is 27.4 Å². The van der Waals surface area contributed by atoms with E-state index in [1.54, 1.807) is 14.2 Å². The number of halogens is 4. The average molecular weight is 540 g/mol. The van der Waals surface area contributed by atoms with Gasteiger partial charge in [-0.1, -0.05) is 17.7 Å². The normalized spacial score (nSPS) is 24.1. The highest BCUT2D eigenvalue weighted by Crippen LogP contribution is 2.52. The van der Waals surface area contributed by atoms with Crippen LogP contribution in [0.2, 0.25) is 5.02 Å².